The Morgan fingerprint density at radius 2 is 0.770 bits per heavy atom. The lowest BCUT2D eigenvalue weighted by molar-refractivity contribution is -0.137. The number of para-hydroxylation sites is 2. The topological polar surface area (TPSA) is 119 Å². The molecule has 12 heteroatoms. The van der Waals surface area contributed by atoms with Crippen molar-refractivity contribution in [1.29, 1.82) is 0 Å². The summed E-state index contributed by atoms with van der Waals surface area (Å²) in [6, 6.07) is 16.4. The molecule has 0 saturated carbocycles. The van der Waals surface area contributed by atoms with Crippen LogP contribution >= 0.6 is 0 Å². The molecule has 4 bridgehead atoms. The van der Waals surface area contributed by atoms with E-state index in [4.69, 9.17) is 0 Å². The predicted molar refractivity (Wildman–Crippen MR) is 240 cm³/mol. The average molecular weight is 827 g/mol. The number of aromatic nitrogens is 2. The van der Waals surface area contributed by atoms with Crippen LogP contribution in [-0.4, -0.2) is 143 Å². The lowest BCUT2D eigenvalue weighted by atomic mass is 9.97. The first-order valence-corrected chi connectivity index (χ1v) is 23.1. The number of imide groups is 2. The van der Waals surface area contributed by atoms with Gasteiger partial charge in [-0.25, -0.2) is 0 Å². The molecule has 322 valence electrons. The van der Waals surface area contributed by atoms with Crippen LogP contribution in [0.1, 0.15) is 93.1 Å². The number of rotatable bonds is 0. The van der Waals surface area contributed by atoms with Crippen LogP contribution in [0, 0.1) is 0 Å². The zero-order valence-corrected chi connectivity index (χ0v) is 36.2. The van der Waals surface area contributed by atoms with Crippen molar-refractivity contribution in [2.24, 2.45) is 0 Å². The SMILES string of the molecule is CN1C(=O)C2=C(C1=O)N1CCN(CCCN3CCN(CC3)C3=C(C(=O)N(C)C3=O)c3c([nH]c4ccccc34)CCCCCCCCCCCCc3[nH]c4ccccc4c32)CC1. The Morgan fingerprint density at radius 1 is 0.410 bits per heavy atom. The molecule has 2 aromatic carbocycles. The maximum atomic E-state index is 14.0. The first-order chi connectivity index (χ1) is 29.8. The number of H-pyrrole nitrogens is 2. The van der Waals surface area contributed by atoms with Crippen molar-refractivity contribution in [3.05, 3.63) is 82.4 Å². The first-order valence-electron chi connectivity index (χ1n) is 23.1. The van der Waals surface area contributed by atoms with Gasteiger partial charge in [-0.3, -0.25) is 38.8 Å². The molecule has 7 aliphatic rings. The molecule has 4 aromatic rings. The monoisotopic (exact) mass is 826 g/mol. The zero-order chi connectivity index (χ0) is 42.0. The summed E-state index contributed by atoms with van der Waals surface area (Å²) < 4.78 is 0. The number of piperazine rings is 2. The van der Waals surface area contributed by atoms with E-state index < -0.39 is 0 Å². The van der Waals surface area contributed by atoms with E-state index >= 15 is 0 Å². The van der Waals surface area contributed by atoms with Crippen molar-refractivity contribution in [3.63, 3.8) is 0 Å². The van der Waals surface area contributed by atoms with Gasteiger partial charge in [-0.2, -0.15) is 0 Å². The fraction of sp³-hybridized carbons (Fsp3) is 0.510. The molecule has 0 radical (unpaired) electrons. The van der Waals surface area contributed by atoms with E-state index in [2.05, 4.69) is 53.8 Å². The molecule has 12 nitrogen and oxygen atoms in total. The molecule has 11 rings (SSSR count). The maximum Gasteiger partial charge on any atom is 0.277 e. The van der Waals surface area contributed by atoms with Crippen LogP contribution in [0.4, 0.5) is 0 Å². The summed E-state index contributed by atoms with van der Waals surface area (Å²) in [4.78, 5) is 74.9. The number of carbonyl (C=O) groups excluding carboxylic acids is 4. The van der Waals surface area contributed by atoms with Crippen molar-refractivity contribution in [1.82, 2.24) is 39.4 Å². The highest BCUT2D eigenvalue weighted by atomic mass is 16.2. The Balaban J connectivity index is 0.937. The summed E-state index contributed by atoms with van der Waals surface area (Å²) in [6.45, 7) is 7.99. The number of aryl methyl sites for hydroxylation is 2. The van der Waals surface area contributed by atoms with Crippen LogP contribution in [-0.2, 0) is 32.0 Å². The van der Waals surface area contributed by atoms with Gasteiger partial charge in [0.05, 0.1) is 11.1 Å². The van der Waals surface area contributed by atoms with Gasteiger partial charge < -0.3 is 19.8 Å². The molecule has 2 N–H and O–H groups in total. The second kappa shape index (κ2) is 18.0. The number of hydrogen-bond donors (Lipinski definition) is 2. The summed E-state index contributed by atoms with van der Waals surface area (Å²) in [5.74, 6) is -0.821. The highest BCUT2D eigenvalue weighted by molar-refractivity contribution is 6.38. The van der Waals surface area contributed by atoms with E-state index in [1.165, 1.54) is 48.3 Å². The molecule has 0 unspecified atom stereocenters. The third-order valence-corrected chi connectivity index (χ3v) is 14.0. The van der Waals surface area contributed by atoms with Gasteiger partial charge in [0, 0.05) is 111 Å². The largest absolute Gasteiger partial charge is 0.364 e. The molecule has 0 atom stereocenters. The minimum absolute atomic E-state index is 0.203. The number of nitrogens with one attached hydrogen (secondary N) is 2. The third kappa shape index (κ3) is 8.05. The Kier molecular flexibility index (Phi) is 12.2. The highest BCUT2D eigenvalue weighted by Gasteiger charge is 2.43. The molecule has 61 heavy (non-hydrogen) atoms. The van der Waals surface area contributed by atoms with E-state index in [9.17, 15) is 19.2 Å². The molecule has 0 aliphatic carbocycles. The number of carbonyl (C=O) groups is 4. The summed E-state index contributed by atoms with van der Waals surface area (Å²) in [5.41, 5.74) is 8.19. The maximum absolute atomic E-state index is 14.0. The average Bonchev–Trinajstić information content (AvgIpc) is 3.96. The van der Waals surface area contributed by atoms with Crippen LogP contribution in [0.5, 0.6) is 0 Å². The van der Waals surface area contributed by atoms with Gasteiger partial charge in [0.2, 0.25) is 0 Å². The van der Waals surface area contributed by atoms with Gasteiger partial charge in [-0.05, 0) is 57.3 Å². The lowest BCUT2D eigenvalue weighted by Crippen LogP contribution is -2.49. The molecule has 7 aliphatic heterocycles. The van der Waals surface area contributed by atoms with Gasteiger partial charge >= 0.3 is 0 Å². The second-order valence-corrected chi connectivity index (χ2v) is 17.9. The van der Waals surface area contributed by atoms with Gasteiger partial charge in [0.1, 0.15) is 11.4 Å². The minimum atomic E-state index is -0.207. The number of hydrogen-bond acceptors (Lipinski definition) is 8. The molecular formula is C49H62N8O4. The summed E-state index contributed by atoms with van der Waals surface area (Å²) in [6.07, 6.45) is 14.2. The number of aromatic amines is 2. The van der Waals surface area contributed by atoms with Crippen molar-refractivity contribution in [3.8, 4) is 0 Å². The molecule has 0 spiro atoms. The second-order valence-electron chi connectivity index (χ2n) is 17.9. The fourth-order valence-electron chi connectivity index (χ4n) is 10.6. The fourth-order valence-corrected chi connectivity index (χ4v) is 10.6. The smallest absolute Gasteiger partial charge is 0.277 e. The van der Waals surface area contributed by atoms with Crippen LogP contribution in [0.2, 0.25) is 0 Å². The number of benzene rings is 2. The standard InChI is InChI=1S/C49H62N8O4/c1-52-46(58)42-40-34-18-13-15-20-36(34)50-38(40)22-11-9-7-5-3-4-6-8-10-12-23-39-41(35-19-14-16-21-37(35)51-39)43-45(49(61)53(2)47(43)59)57-32-28-55(29-33-57)25-17-24-54-26-30-56(31-27-54)44(42)48(52)60/h13-16,18-21,50-51H,3-12,17,22-33H2,1-2H3. The summed E-state index contributed by atoms with van der Waals surface area (Å²) in [7, 11) is 3.24. The normalized spacial score (nSPS) is 23.6. The number of nitrogens with zero attached hydrogens (tertiary/aromatic N) is 6. The molecule has 2 fully saturated rings. The predicted octanol–water partition coefficient (Wildman–Crippen LogP) is 6.39. The van der Waals surface area contributed by atoms with Gasteiger partial charge in [0.25, 0.3) is 23.6 Å². The van der Waals surface area contributed by atoms with Gasteiger partial charge in [-0.15, -0.1) is 0 Å². The van der Waals surface area contributed by atoms with E-state index in [0.717, 1.165) is 129 Å². The van der Waals surface area contributed by atoms with E-state index in [1.807, 2.05) is 24.3 Å². The van der Waals surface area contributed by atoms with Crippen LogP contribution < -0.4 is 0 Å². The molecule has 4 amide bonds. The van der Waals surface area contributed by atoms with E-state index in [0.29, 0.717) is 48.7 Å². The van der Waals surface area contributed by atoms with Crippen LogP contribution in [0.3, 0.4) is 0 Å². The van der Waals surface area contributed by atoms with Gasteiger partial charge in [-0.1, -0.05) is 87.8 Å². The van der Waals surface area contributed by atoms with Crippen molar-refractivity contribution in [2.75, 3.05) is 79.5 Å². The molecule has 9 heterocycles. The summed E-state index contributed by atoms with van der Waals surface area (Å²) >= 11 is 0. The Morgan fingerprint density at radius 3 is 1.16 bits per heavy atom. The first kappa shape index (κ1) is 41.2. The zero-order valence-electron chi connectivity index (χ0n) is 36.2. The molecular weight excluding hydrogens is 765 g/mol. The van der Waals surface area contributed by atoms with Crippen molar-refractivity contribution < 1.29 is 19.2 Å². The van der Waals surface area contributed by atoms with Crippen molar-refractivity contribution >= 4 is 56.6 Å². The highest BCUT2D eigenvalue weighted by Crippen LogP contribution is 2.40. The summed E-state index contributed by atoms with van der Waals surface area (Å²) in [5, 5.41) is 2.02. The van der Waals surface area contributed by atoms with E-state index in [1.54, 1.807) is 14.1 Å². The van der Waals surface area contributed by atoms with Gasteiger partial charge in [0.15, 0.2) is 0 Å². The quantitative estimate of drug-likeness (QED) is 0.196. The number of amides is 4. The minimum Gasteiger partial charge on any atom is -0.364 e. The van der Waals surface area contributed by atoms with E-state index in [-0.39, 0.29) is 23.6 Å². The Hall–Kier alpha value is -5.20. The lowest BCUT2D eigenvalue weighted by Gasteiger charge is -2.38. The van der Waals surface area contributed by atoms with Crippen LogP contribution in [0.15, 0.2) is 59.9 Å². The Bertz CT molecular complexity index is 2210. The number of likely N-dealkylation sites (N-methyl/N-ethyl adjacent to an activating group) is 2. The Labute approximate surface area is 359 Å². The number of fused-ring (bicyclic) bond motifs is 4. The third-order valence-electron chi connectivity index (χ3n) is 14.0. The van der Waals surface area contributed by atoms with Crippen LogP contribution in [0.25, 0.3) is 33.0 Å². The van der Waals surface area contributed by atoms with Crippen molar-refractivity contribution in [2.45, 2.75) is 83.5 Å². The molecule has 2 saturated heterocycles. The molecule has 2 aromatic heterocycles.